The lowest BCUT2D eigenvalue weighted by Gasteiger charge is -2.70. The molecular formula is C42H69NO2Si. The van der Waals surface area contributed by atoms with Gasteiger partial charge >= 0.3 is 0 Å². The van der Waals surface area contributed by atoms with Gasteiger partial charge in [0.1, 0.15) is 0 Å². The molecule has 1 heterocycles. The molecule has 0 bridgehead atoms. The minimum atomic E-state index is -1.75. The van der Waals surface area contributed by atoms with Crippen LogP contribution in [-0.2, 0) is 9.22 Å². The highest BCUT2D eigenvalue weighted by atomic mass is 28.4. The van der Waals surface area contributed by atoms with Gasteiger partial charge in [-0.1, -0.05) is 73.6 Å². The zero-order valence-electron chi connectivity index (χ0n) is 31.5. The van der Waals surface area contributed by atoms with E-state index in [0.29, 0.717) is 39.5 Å². The molecule has 0 aromatic heterocycles. The molecule has 0 N–H and O–H groups in total. The van der Waals surface area contributed by atoms with Gasteiger partial charge in [-0.05, 0) is 153 Å². The van der Waals surface area contributed by atoms with Crippen LogP contribution < -0.4 is 4.90 Å². The standard InChI is InChI=1S/C42H69NO2Si/c1-30(18-20-36(44)35-17-14-28-43(35)32-15-12-11-13-16-32)34-23-25-41(7)37-21-19-31-29-33(45-46(9,10)38(2,3)4)22-24-39(31,5)42(37,8)27-26-40(34,41)6/h11-13,15-16,30-31,33-35,37H,14,17-29H2,1-10H3/t30-,31-,33-,34-,35+,37+,39+,40-,41+,42+/m1/s1. The summed E-state index contributed by atoms with van der Waals surface area (Å²) >= 11 is 0. The molecule has 5 fully saturated rings. The van der Waals surface area contributed by atoms with Gasteiger partial charge in [-0.3, -0.25) is 4.79 Å². The van der Waals surface area contributed by atoms with Gasteiger partial charge in [0.25, 0.3) is 0 Å². The molecule has 46 heavy (non-hydrogen) atoms. The molecule has 1 saturated heterocycles. The number of anilines is 1. The zero-order chi connectivity index (χ0) is 33.3. The number of hydrogen-bond donors (Lipinski definition) is 0. The summed E-state index contributed by atoms with van der Waals surface area (Å²) in [6, 6.07) is 10.7. The topological polar surface area (TPSA) is 29.5 Å². The first-order valence-electron chi connectivity index (χ1n) is 19.5. The summed E-state index contributed by atoms with van der Waals surface area (Å²) in [5, 5.41) is 0.280. The highest BCUT2D eigenvalue weighted by molar-refractivity contribution is 6.74. The lowest BCUT2D eigenvalue weighted by atomic mass is 9.35. The third kappa shape index (κ3) is 5.41. The molecule has 0 unspecified atom stereocenters. The van der Waals surface area contributed by atoms with E-state index in [0.717, 1.165) is 50.0 Å². The van der Waals surface area contributed by atoms with Crippen LogP contribution in [0, 0.1) is 45.3 Å². The van der Waals surface area contributed by atoms with E-state index in [1.54, 1.807) is 0 Å². The van der Waals surface area contributed by atoms with E-state index in [-0.39, 0.29) is 11.1 Å². The highest BCUT2D eigenvalue weighted by Crippen LogP contribution is 2.77. The molecule has 0 amide bonds. The summed E-state index contributed by atoms with van der Waals surface area (Å²) < 4.78 is 7.06. The number of benzene rings is 1. The number of Topliss-reactive ketones (excluding diaryl/α,β-unsaturated/α-hetero) is 1. The first kappa shape index (κ1) is 34.7. The van der Waals surface area contributed by atoms with Crippen LogP contribution in [0.1, 0.15) is 139 Å². The average Bonchev–Trinajstić information content (AvgIpc) is 3.59. The number of para-hydroxylation sites is 1. The maximum absolute atomic E-state index is 13.7. The molecule has 1 aromatic rings. The van der Waals surface area contributed by atoms with Gasteiger partial charge in [-0.15, -0.1) is 0 Å². The Morgan fingerprint density at radius 3 is 2.24 bits per heavy atom. The van der Waals surface area contributed by atoms with Crippen molar-refractivity contribution in [1.82, 2.24) is 0 Å². The number of ketones is 1. The Labute approximate surface area is 284 Å². The Bertz CT molecular complexity index is 1260. The molecule has 0 radical (unpaired) electrons. The third-order valence-corrected chi connectivity index (χ3v) is 21.4. The van der Waals surface area contributed by atoms with Crippen molar-refractivity contribution < 1.29 is 9.22 Å². The molecule has 10 atom stereocenters. The van der Waals surface area contributed by atoms with Crippen LogP contribution in [0.2, 0.25) is 18.1 Å². The summed E-state index contributed by atoms with van der Waals surface area (Å²) in [6.07, 6.45) is 16.6. The lowest BCUT2D eigenvalue weighted by molar-refractivity contribution is -0.216. The number of hydrogen-bond acceptors (Lipinski definition) is 3. The highest BCUT2D eigenvalue weighted by Gasteiger charge is 2.70. The van der Waals surface area contributed by atoms with Crippen molar-refractivity contribution in [3.8, 4) is 0 Å². The predicted molar refractivity (Wildman–Crippen MR) is 197 cm³/mol. The number of nitrogens with zero attached hydrogens (tertiary/aromatic N) is 1. The second-order valence-electron chi connectivity index (χ2n) is 19.6. The van der Waals surface area contributed by atoms with Gasteiger partial charge in [-0.2, -0.15) is 0 Å². The van der Waals surface area contributed by atoms with E-state index >= 15 is 0 Å². The molecule has 4 aliphatic carbocycles. The number of carbonyl (C=O) groups is 1. The monoisotopic (exact) mass is 648 g/mol. The average molecular weight is 648 g/mol. The van der Waals surface area contributed by atoms with Crippen molar-refractivity contribution in [2.75, 3.05) is 11.4 Å². The van der Waals surface area contributed by atoms with E-state index in [1.807, 2.05) is 0 Å². The van der Waals surface area contributed by atoms with E-state index in [4.69, 9.17) is 4.43 Å². The molecule has 1 aliphatic heterocycles. The van der Waals surface area contributed by atoms with Crippen molar-refractivity contribution in [1.29, 1.82) is 0 Å². The van der Waals surface area contributed by atoms with E-state index in [9.17, 15) is 4.79 Å². The number of carbonyl (C=O) groups excluding carboxylic acids is 1. The first-order chi connectivity index (χ1) is 21.5. The molecule has 0 spiro atoms. The summed E-state index contributed by atoms with van der Waals surface area (Å²) in [5.74, 6) is 3.45. The van der Waals surface area contributed by atoms with Gasteiger partial charge < -0.3 is 9.33 Å². The molecule has 5 aliphatic rings. The second kappa shape index (κ2) is 12.0. The molecular weight excluding hydrogens is 579 g/mol. The largest absolute Gasteiger partial charge is 0.414 e. The zero-order valence-corrected chi connectivity index (χ0v) is 32.5. The second-order valence-corrected chi connectivity index (χ2v) is 24.3. The lowest BCUT2D eigenvalue weighted by Crippen LogP contribution is -2.63. The number of fused-ring (bicyclic) bond motifs is 5. The van der Waals surface area contributed by atoms with Crippen molar-refractivity contribution in [3.63, 3.8) is 0 Å². The van der Waals surface area contributed by atoms with E-state index in [2.05, 4.69) is 104 Å². The van der Waals surface area contributed by atoms with Crippen LogP contribution in [0.5, 0.6) is 0 Å². The molecule has 1 aromatic carbocycles. The van der Waals surface area contributed by atoms with Crippen molar-refractivity contribution in [2.45, 2.75) is 169 Å². The van der Waals surface area contributed by atoms with Gasteiger partial charge in [0, 0.05) is 24.8 Å². The molecule has 6 rings (SSSR count). The van der Waals surface area contributed by atoms with Gasteiger partial charge in [-0.25, -0.2) is 0 Å². The first-order valence-corrected chi connectivity index (χ1v) is 22.4. The van der Waals surface area contributed by atoms with Crippen LogP contribution in [0.3, 0.4) is 0 Å². The SMILES string of the molecule is C[C@H](CCC(=O)[C@@H]1CCCN1c1ccccc1)[C@H]1CC[C@@]2(C)[C@@H]3CC[C@@H]4C[C@H](O[Si](C)(C)C(C)(C)C)CC[C@]4(C)[C@@]3(C)CC[C@]12C. The van der Waals surface area contributed by atoms with Crippen LogP contribution >= 0.6 is 0 Å². The molecule has 4 heteroatoms. The Hall–Kier alpha value is -1.13. The number of rotatable bonds is 8. The van der Waals surface area contributed by atoms with Crippen LogP contribution in [0.25, 0.3) is 0 Å². The Balaban J connectivity index is 1.12. The summed E-state index contributed by atoms with van der Waals surface area (Å²) in [4.78, 5) is 16.1. The minimum Gasteiger partial charge on any atom is -0.414 e. The Kier molecular flexibility index (Phi) is 9.08. The fourth-order valence-corrected chi connectivity index (χ4v) is 13.9. The van der Waals surface area contributed by atoms with Crippen molar-refractivity contribution in [2.24, 2.45) is 45.3 Å². The van der Waals surface area contributed by atoms with Gasteiger partial charge in [0.05, 0.1) is 6.04 Å². The Morgan fingerprint density at radius 2 is 1.54 bits per heavy atom. The van der Waals surface area contributed by atoms with E-state index in [1.165, 1.54) is 63.5 Å². The quantitative estimate of drug-likeness (QED) is 0.263. The predicted octanol–water partition coefficient (Wildman–Crippen LogP) is 11.5. The van der Waals surface area contributed by atoms with Crippen LogP contribution in [0.15, 0.2) is 30.3 Å². The fourth-order valence-electron chi connectivity index (χ4n) is 12.5. The third-order valence-electron chi connectivity index (χ3n) is 16.9. The molecule has 4 saturated carbocycles. The smallest absolute Gasteiger partial charge is 0.192 e. The summed E-state index contributed by atoms with van der Waals surface area (Å²) in [5.41, 5.74) is 2.85. The summed E-state index contributed by atoms with van der Waals surface area (Å²) in [6.45, 7) is 26.5. The fraction of sp³-hybridized carbons (Fsp3) is 0.833. The van der Waals surface area contributed by atoms with Gasteiger partial charge in [0.15, 0.2) is 14.1 Å². The normalized spacial score (nSPS) is 41.9. The van der Waals surface area contributed by atoms with Crippen LogP contribution in [-0.4, -0.2) is 32.8 Å². The minimum absolute atomic E-state index is 0.0766. The Morgan fingerprint density at radius 1 is 0.891 bits per heavy atom. The maximum Gasteiger partial charge on any atom is 0.192 e. The van der Waals surface area contributed by atoms with Crippen LogP contribution in [0.4, 0.5) is 5.69 Å². The van der Waals surface area contributed by atoms with Gasteiger partial charge in [0.2, 0.25) is 0 Å². The molecule has 3 nitrogen and oxygen atoms in total. The molecule has 258 valence electrons. The maximum atomic E-state index is 13.7. The van der Waals surface area contributed by atoms with Crippen molar-refractivity contribution in [3.05, 3.63) is 30.3 Å². The van der Waals surface area contributed by atoms with Crippen molar-refractivity contribution >= 4 is 19.8 Å². The summed E-state index contributed by atoms with van der Waals surface area (Å²) in [7, 11) is -1.75. The van der Waals surface area contributed by atoms with E-state index < -0.39 is 8.32 Å².